The Bertz CT molecular complexity index is 116. The Hall–Kier alpha value is 1.98. The first-order chi connectivity index (χ1) is 5.65. The fourth-order valence-corrected chi connectivity index (χ4v) is 0.340. The van der Waals surface area contributed by atoms with E-state index in [2.05, 4.69) is 51.3 Å². The van der Waals surface area contributed by atoms with Crippen LogP contribution in [-0.2, 0) is 10.5 Å². The average molecular weight is 589 g/mol. The third-order valence-electron chi connectivity index (χ3n) is 0.586. The molecule has 0 saturated carbocycles. The van der Waals surface area contributed by atoms with Gasteiger partial charge < -0.3 is 4.89 Å². The predicted molar refractivity (Wildman–Crippen MR) is 70.6 cm³/mol. The van der Waals surface area contributed by atoms with Crippen molar-refractivity contribution in [3.8, 4) is 0 Å². The van der Waals surface area contributed by atoms with Gasteiger partial charge in [-0.3, -0.25) is 6.08 Å². The third-order valence-corrected chi connectivity index (χ3v) is 0.586. The van der Waals surface area contributed by atoms with Crippen LogP contribution in [0.2, 0.25) is 0 Å². The second-order valence-electron chi connectivity index (χ2n) is 1.90. The van der Waals surface area contributed by atoms with Crippen LogP contribution in [0.3, 0.4) is 0 Å². The summed E-state index contributed by atoms with van der Waals surface area (Å²) in [5, 5.41) is 0. The Morgan fingerprint density at radius 3 is 2.00 bits per heavy atom. The van der Waals surface area contributed by atoms with E-state index in [9.17, 15) is 0 Å². The number of hydrogen-bond donors (Lipinski definition) is 1. The normalized spacial score (nSPS) is 12.2. The van der Waals surface area contributed by atoms with Crippen LogP contribution in [0.1, 0.15) is 6.42 Å². The molecule has 0 bridgehead atoms. The van der Waals surface area contributed by atoms with Crippen molar-refractivity contribution in [2.24, 2.45) is 0 Å². The second-order valence-corrected chi connectivity index (χ2v) is 21.1. The minimum atomic E-state index is -0.620. The molecule has 0 aromatic carbocycles. The fourth-order valence-electron chi connectivity index (χ4n) is 0.340. The molecule has 0 unspecified atom stereocenters. The summed E-state index contributed by atoms with van der Waals surface area (Å²) in [5.41, 5.74) is 0. The first-order valence-corrected chi connectivity index (χ1v) is 18.8. The first-order valence-electron chi connectivity index (χ1n) is 3.06. The molecule has 1 aliphatic rings. The Morgan fingerprint density at radius 1 is 1.50 bits per heavy atom. The van der Waals surface area contributed by atoms with E-state index >= 15 is 0 Å². The van der Waals surface area contributed by atoms with E-state index in [4.69, 9.17) is 4.89 Å². The maximum absolute atomic E-state index is 8.12. The fraction of sp³-hybridized carbons (Fsp3) is 0.429. The van der Waals surface area contributed by atoms with Gasteiger partial charge in [-0.2, -0.15) is 6.08 Å². The topological polar surface area (TPSA) is 20.2 Å². The summed E-state index contributed by atoms with van der Waals surface area (Å²) >= 11 is 4.80. The summed E-state index contributed by atoms with van der Waals surface area (Å²) in [5.74, 6) is 0. The van der Waals surface area contributed by atoms with Crippen molar-refractivity contribution in [2.45, 2.75) is 6.42 Å². The van der Waals surface area contributed by atoms with Crippen molar-refractivity contribution in [1.82, 2.24) is 0 Å². The van der Waals surface area contributed by atoms with E-state index in [0.29, 0.717) is 10.5 Å². The monoisotopic (exact) mass is 590 g/mol. The molecule has 0 aliphatic heterocycles. The summed E-state index contributed by atoms with van der Waals surface area (Å²) in [7, 11) is -0.180. The molecule has 0 spiro atoms. The van der Waals surface area contributed by atoms with Crippen LogP contribution in [-0.4, -0.2) is 18.2 Å². The summed E-state index contributed by atoms with van der Waals surface area (Å²) in [6.07, 6.45) is 10.0. The molecule has 0 amide bonds. The van der Waals surface area contributed by atoms with Gasteiger partial charge in [0.2, 0.25) is 0 Å². The molecular formula is C7H12I2IrOP. The van der Waals surface area contributed by atoms with Crippen molar-refractivity contribution in [3.63, 3.8) is 0 Å². The van der Waals surface area contributed by atoms with Crippen LogP contribution in [0.15, 0.2) is 18.2 Å². The summed E-state index contributed by atoms with van der Waals surface area (Å²) in [6.45, 7) is 3.57. The van der Waals surface area contributed by atoms with E-state index in [1.807, 2.05) is 12.2 Å². The standard InChI is InChI=1S/C5H5.C2H7OP.2HI.Ir/c1-2-4-5-3-1;1-4(2)3;;;/h1-3H,4H2;3H,1-2H3;2*1H;/q-1;;;;+3/p-2. The Labute approximate surface area is 105 Å². The van der Waals surface area contributed by atoms with Gasteiger partial charge in [0.15, 0.2) is 0 Å². The van der Waals surface area contributed by atoms with Gasteiger partial charge in [0.25, 0.3) is 0 Å². The molecule has 0 aromatic rings. The van der Waals surface area contributed by atoms with Gasteiger partial charge in [0.1, 0.15) is 0 Å². The van der Waals surface area contributed by atoms with Crippen LogP contribution in [0.5, 0.6) is 0 Å². The molecule has 5 heteroatoms. The molecule has 1 aliphatic carbocycles. The zero-order chi connectivity index (χ0) is 9.82. The number of hydrogen-bond acceptors (Lipinski definition) is 1. The Morgan fingerprint density at radius 2 is 1.92 bits per heavy atom. The van der Waals surface area contributed by atoms with Crippen molar-refractivity contribution in [1.29, 1.82) is 0 Å². The molecule has 1 rings (SSSR count). The molecule has 1 nitrogen and oxygen atoms in total. The van der Waals surface area contributed by atoms with Crippen molar-refractivity contribution in [2.75, 3.05) is 13.3 Å². The molecule has 0 saturated heterocycles. The van der Waals surface area contributed by atoms with Crippen LogP contribution in [0.4, 0.5) is 0 Å². The third kappa shape index (κ3) is 29.6. The molecular weight excluding hydrogens is 577 g/mol. The van der Waals surface area contributed by atoms with Crippen LogP contribution in [0, 0.1) is 6.08 Å². The van der Waals surface area contributed by atoms with Gasteiger partial charge in [-0.1, -0.05) is 0 Å². The van der Waals surface area contributed by atoms with E-state index in [1.54, 1.807) is 13.3 Å². The van der Waals surface area contributed by atoms with Gasteiger partial charge >= 0.3 is 49.7 Å². The van der Waals surface area contributed by atoms with Crippen molar-refractivity contribution in [3.05, 3.63) is 24.3 Å². The van der Waals surface area contributed by atoms with Gasteiger partial charge in [0, 0.05) is 8.15 Å². The van der Waals surface area contributed by atoms with Gasteiger partial charge in [-0.15, -0.1) is 6.42 Å². The molecule has 0 atom stereocenters. The molecule has 0 aromatic heterocycles. The number of rotatable bonds is 0. The van der Waals surface area contributed by atoms with Gasteiger partial charge in [-0.05, 0) is 13.3 Å². The summed E-state index contributed by atoms with van der Waals surface area (Å²) in [6, 6.07) is 0. The first kappa shape index (κ1) is 16.4. The number of halogens is 2. The zero-order valence-electron chi connectivity index (χ0n) is 6.92. The second kappa shape index (κ2) is 15.5. The van der Waals surface area contributed by atoms with E-state index in [0.717, 1.165) is 6.42 Å². The Kier molecular flexibility index (Phi) is 21.1. The van der Waals surface area contributed by atoms with E-state index < -0.39 is 8.15 Å². The van der Waals surface area contributed by atoms with Crippen LogP contribution < -0.4 is 0 Å². The molecule has 12 heavy (non-hydrogen) atoms. The molecule has 0 fully saturated rings. The molecule has 0 radical (unpaired) electrons. The zero-order valence-corrected chi connectivity index (χ0v) is 14.5. The van der Waals surface area contributed by atoms with Crippen LogP contribution >= 0.6 is 47.3 Å². The van der Waals surface area contributed by atoms with E-state index in [1.165, 1.54) is 0 Å². The number of allylic oxidation sites excluding steroid dienone is 4. The quantitative estimate of drug-likeness (QED) is 0.260. The molecule has 0 heterocycles. The minimum absolute atomic E-state index is 0.440. The van der Waals surface area contributed by atoms with Crippen LogP contribution in [0.25, 0.3) is 0 Å². The van der Waals surface area contributed by atoms with E-state index in [-0.39, 0.29) is 0 Å². The van der Waals surface area contributed by atoms with Gasteiger partial charge in [-0.25, -0.2) is 12.2 Å². The molecule has 74 valence electrons. The molecule has 1 N–H and O–H groups in total. The van der Waals surface area contributed by atoms with Crippen molar-refractivity contribution >= 4 is 47.3 Å². The predicted octanol–water partition coefficient (Wildman–Crippen LogP) is 3.71. The summed E-state index contributed by atoms with van der Waals surface area (Å²) < 4.78 is 0. The van der Waals surface area contributed by atoms with Gasteiger partial charge in [0.05, 0.1) is 0 Å². The Balaban J connectivity index is 0. The average Bonchev–Trinajstić information content (AvgIpc) is 2.40. The SMILES string of the molecule is CP(C)O.[C-]1=CC=CC1.[I][Ir+][I]. The van der Waals surface area contributed by atoms with Crippen molar-refractivity contribution < 1.29 is 15.4 Å². The maximum atomic E-state index is 8.12. The summed E-state index contributed by atoms with van der Waals surface area (Å²) in [4.78, 5) is 8.12.